The lowest BCUT2D eigenvalue weighted by molar-refractivity contribution is -0.997. The third kappa shape index (κ3) is 5.72. The fourth-order valence-electron chi connectivity index (χ4n) is 11.2. The summed E-state index contributed by atoms with van der Waals surface area (Å²) in [5.74, 6) is 0.120. The van der Waals surface area contributed by atoms with Gasteiger partial charge in [0.1, 0.15) is 22.6 Å². The molecule has 4 nitrogen and oxygen atoms in total. The van der Waals surface area contributed by atoms with E-state index in [-0.39, 0.29) is 5.41 Å². The highest BCUT2D eigenvalue weighted by atomic mass is 16.5. The molecule has 1 unspecified atom stereocenters. The van der Waals surface area contributed by atoms with Gasteiger partial charge in [-0.25, -0.2) is 0 Å². The first-order valence-corrected chi connectivity index (χ1v) is 23.5. The average Bonchev–Trinajstić information content (AvgIpc) is 3.85. The zero-order valence-corrected chi connectivity index (χ0v) is 38.7. The highest BCUT2D eigenvalue weighted by Gasteiger charge is 2.68. The van der Waals surface area contributed by atoms with Gasteiger partial charge in [-0.2, -0.15) is 4.57 Å². The van der Waals surface area contributed by atoms with Crippen molar-refractivity contribution in [2.45, 2.75) is 58.7 Å². The van der Waals surface area contributed by atoms with Crippen LogP contribution in [0.25, 0.3) is 95.0 Å². The lowest BCUT2D eigenvalue weighted by atomic mass is 9.85. The minimum absolute atomic E-state index is 0.0649. The Labute approximate surface area is 394 Å². The second-order valence-electron chi connectivity index (χ2n) is 19.8. The fraction of sp³-hybridized carbons (Fsp3) is 0.143. The molecular weight excluding hydrogens is 815 g/mol. The van der Waals surface area contributed by atoms with E-state index in [4.69, 9.17) is 6.11 Å². The molecule has 10 aromatic rings. The quantitative estimate of drug-likeness (QED) is 0.153. The van der Waals surface area contributed by atoms with Gasteiger partial charge in [-0.05, 0) is 122 Å². The summed E-state index contributed by atoms with van der Waals surface area (Å²) < 4.78 is 23.8. The maximum absolute atomic E-state index is 8.68. The Hall–Kier alpha value is -7.82. The molecule has 67 heavy (non-hydrogen) atoms. The number of fused-ring (bicyclic) bond motifs is 5. The molecule has 2 aromatic heterocycles. The number of rotatable bonds is 6. The number of benzene rings is 8. The van der Waals surface area contributed by atoms with Gasteiger partial charge in [0.2, 0.25) is 5.69 Å². The zero-order valence-electron chi connectivity index (χ0n) is 39.7. The molecular formula is C63H51N3O+2. The molecule has 4 heteroatoms. The normalized spacial score (nSPS) is 15.4. The number of hydrogen-bond acceptors (Lipinski definition) is 1. The van der Waals surface area contributed by atoms with Crippen LogP contribution in [0.2, 0.25) is 0 Å². The maximum Gasteiger partial charge on any atom is 0.499 e. The lowest BCUT2D eigenvalue weighted by Crippen LogP contribution is -2.78. The standard InChI is InChI=1S/C63H51N3O/c1-39(2)41-24-26-43(27-25-41)46-32-33-64-56(37-46)54-36-47(42-16-9-7-10-17-42)35-53-49-21-15-22-55-60(49)66-61(50-20-13-14-23-58(50)67-63(64,66)59(53)54)65(55)57-34-40(3)51(38-52(57)44-18-11-8-12-19-44)45-28-30-48(31-29-45)62(4,5)6/h7-39H,1-6H3/q+2/i39D. The van der Waals surface area contributed by atoms with Gasteiger partial charge in [-0.1, -0.05) is 162 Å². The summed E-state index contributed by atoms with van der Waals surface area (Å²) in [7, 11) is 0. The Kier molecular flexibility index (Phi) is 8.23. The summed E-state index contributed by atoms with van der Waals surface area (Å²) in [5, 5.41) is 0. The smallest absolute Gasteiger partial charge is 0.392 e. The molecule has 322 valence electrons. The molecule has 5 heterocycles. The van der Waals surface area contributed by atoms with E-state index in [2.05, 4.69) is 236 Å². The zero-order chi connectivity index (χ0) is 46.3. The van der Waals surface area contributed by atoms with E-state index in [9.17, 15) is 0 Å². The fourth-order valence-corrected chi connectivity index (χ4v) is 11.2. The summed E-state index contributed by atoms with van der Waals surface area (Å²) in [6.07, 6.45) is 2.24. The molecule has 13 rings (SSSR count). The molecule has 0 N–H and O–H groups in total. The van der Waals surface area contributed by atoms with Crippen molar-refractivity contribution in [3.05, 3.63) is 217 Å². The van der Waals surface area contributed by atoms with Crippen LogP contribution in [-0.2, 0) is 11.3 Å². The van der Waals surface area contributed by atoms with E-state index in [0.717, 1.165) is 89.6 Å². The topological polar surface area (TPSA) is 21.9 Å². The van der Waals surface area contributed by atoms with Crippen molar-refractivity contribution in [3.63, 3.8) is 0 Å². The van der Waals surface area contributed by atoms with Crippen LogP contribution >= 0.6 is 0 Å². The number of aryl methyl sites for hydroxylation is 1. The number of imidazole rings is 1. The Morgan fingerprint density at radius 3 is 1.93 bits per heavy atom. The number of aromatic nitrogens is 3. The molecule has 1 spiro atoms. The molecule has 8 aromatic carbocycles. The molecule has 0 bridgehead atoms. The molecule has 1 atom stereocenters. The second kappa shape index (κ2) is 14.3. The second-order valence-corrected chi connectivity index (χ2v) is 19.8. The monoisotopic (exact) mass is 866 g/mol. The SMILES string of the molecule is [2H]C(C)(C)c1ccc(-c2cc[n+]3c(c2)-c2cc(-c4ccccc4)cc4c2C32Oc3ccccc3-c3n(-c5cc(C)c(-c6ccc(C(C)(C)C)cc6)cc5-c5ccccc5)c5cccc-4c5[n+]32)cc1. The number of pyridine rings is 1. The van der Waals surface area contributed by atoms with E-state index in [1.165, 1.54) is 33.4 Å². The van der Waals surface area contributed by atoms with Gasteiger partial charge < -0.3 is 4.74 Å². The Bertz CT molecular complexity index is 3710. The van der Waals surface area contributed by atoms with E-state index >= 15 is 0 Å². The van der Waals surface area contributed by atoms with Gasteiger partial charge in [0.05, 0.1) is 5.56 Å². The first-order valence-electron chi connectivity index (χ1n) is 24.0. The Morgan fingerprint density at radius 2 is 1.19 bits per heavy atom. The molecule has 3 aliphatic heterocycles. The van der Waals surface area contributed by atoms with Crippen LogP contribution in [0.5, 0.6) is 5.75 Å². The van der Waals surface area contributed by atoms with Gasteiger partial charge in [0, 0.05) is 30.2 Å². The molecule has 0 aliphatic carbocycles. The van der Waals surface area contributed by atoms with Crippen LogP contribution in [0.4, 0.5) is 0 Å². The highest BCUT2D eigenvalue weighted by molar-refractivity contribution is 6.00. The predicted molar refractivity (Wildman–Crippen MR) is 272 cm³/mol. The molecule has 0 saturated carbocycles. The summed E-state index contributed by atoms with van der Waals surface area (Å²) in [4.78, 5) is 0. The van der Waals surface area contributed by atoms with Crippen molar-refractivity contribution in [2.75, 3.05) is 0 Å². The summed E-state index contributed by atoms with van der Waals surface area (Å²) in [5.41, 5.74) is 22.9. The number of nitrogens with zero attached hydrogens (tertiary/aromatic N) is 3. The van der Waals surface area contributed by atoms with Crippen LogP contribution in [0.15, 0.2) is 194 Å². The van der Waals surface area contributed by atoms with Crippen molar-refractivity contribution in [2.24, 2.45) is 0 Å². The van der Waals surface area contributed by atoms with E-state index in [1.54, 1.807) is 0 Å². The summed E-state index contributed by atoms with van der Waals surface area (Å²) >= 11 is 0. The lowest BCUT2D eigenvalue weighted by Gasteiger charge is -2.32. The molecule has 0 fully saturated rings. The Balaban J connectivity index is 1.13. The number of hydrogen-bond donors (Lipinski definition) is 0. The van der Waals surface area contributed by atoms with Gasteiger partial charge in [-0.15, -0.1) is 9.13 Å². The minimum atomic E-state index is -1.09. The van der Waals surface area contributed by atoms with Crippen LogP contribution in [0.1, 0.15) is 64.1 Å². The third-order valence-electron chi connectivity index (χ3n) is 14.5. The molecule has 0 radical (unpaired) electrons. The first-order chi connectivity index (χ1) is 32.9. The molecule has 0 amide bonds. The average molecular weight is 867 g/mol. The Morgan fingerprint density at radius 1 is 0.552 bits per heavy atom. The predicted octanol–water partition coefficient (Wildman–Crippen LogP) is 14.8. The van der Waals surface area contributed by atoms with Crippen molar-refractivity contribution < 1.29 is 15.2 Å². The maximum atomic E-state index is 8.68. The number of para-hydroxylation sites is 2. The van der Waals surface area contributed by atoms with E-state index in [0.29, 0.717) is 0 Å². The summed E-state index contributed by atoms with van der Waals surface area (Å²) in [6, 6.07) is 68.9. The van der Waals surface area contributed by atoms with Crippen molar-refractivity contribution in [1.29, 1.82) is 0 Å². The van der Waals surface area contributed by atoms with Gasteiger partial charge in [-0.3, -0.25) is 0 Å². The van der Waals surface area contributed by atoms with E-state index in [1.807, 2.05) is 13.8 Å². The molecule has 3 aliphatic rings. The van der Waals surface area contributed by atoms with Crippen LogP contribution in [0, 0.1) is 6.92 Å². The highest BCUT2D eigenvalue weighted by Crippen LogP contribution is 2.55. The van der Waals surface area contributed by atoms with Gasteiger partial charge >= 0.3 is 11.7 Å². The first kappa shape index (κ1) is 38.4. The van der Waals surface area contributed by atoms with Crippen molar-refractivity contribution >= 4 is 11.0 Å². The summed E-state index contributed by atoms with van der Waals surface area (Å²) in [6.45, 7) is 13.0. The van der Waals surface area contributed by atoms with Crippen molar-refractivity contribution in [3.8, 4) is 89.7 Å². The number of ether oxygens (including phenoxy) is 1. The third-order valence-corrected chi connectivity index (χ3v) is 14.5. The van der Waals surface area contributed by atoms with Crippen LogP contribution < -0.4 is 13.9 Å². The minimum Gasteiger partial charge on any atom is -0.392 e. The van der Waals surface area contributed by atoms with Gasteiger partial charge in [0.15, 0.2) is 17.2 Å². The van der Waals surface area contributed by atoms with E-state index < -0.39 is 11.7 Å². The van der Waals surface area contributed by atoms with Gasteiger partial charge in [0.25, 0.3) is 0 Å². The van der Waals surface area contributed by atoms with Crippen molar-refractivity contribution in [1.82, 2.24) is 4.57 Å². The van der Waals surface area contributed by atoms with Crippen LogP contribution in [-0.4, -0.2) is 4.57 Å². The largest absolute Gasteiger partial charge is 0.499 e. The molecule has 0 saturated heterocycles. The van der Waals surface area contributed by atoms with Crippen LogP contribution in [0.3, 0.4) is 0 Å².